The molecule has 1 saturated heterocycles. The number of rotatable bonds is 8. The van der Waals surface area contributed by atoms with Crippen LogP contribution < -0.4 is 10.6 Å². The second-order valence-electron chi connectivity index (χ2n) is 6.79. The predicted octanol–water partition coefficient (Wildman–Crippen LogP) is 0.818. The van der Waals surface area contributed by atoms with Crippen LogP contribution in [-0.4, -0.2) is 88.2 Å². The maximum atomic E-state index is 12.1. The van der Waals surface area contributed by atoms with Crippen LogP contribution in [0.1, 0.15) is 22.8 Å². The summed E-state index contributed by atoms with van der Waals surface area (Å²) >= 11 is 0. The maximum Gasteiger partial charge on any atom is 0.253 e. The molecule has 0 bridgehead atoms. The fourth-order valence-electron chi connectivity index (χ4n) is 2.91. The van der Waals surface area contributed by atoms with Crippen molar-refractivity contribution in [3.63, 3.8) is 0 Å². The smallest absolute Gasteiger partial charge is 0.253 e. The average Bonchev–Trinajstić information content (AvgIpc) is 2.68. The molecule has 0 spiro atoms. The van der Waals surface area contributed by atoms with Crippen LogP contribution in [-0.2, 0) is 11.2 Å². The quantitative estimate of drug-likeness (QED) is 0.520. The Labute approximate surface area is 162 Å². The number of morpholine rings is 1. The standard InChI is InChI=1S/C20H33N5O2/c1-4-21-20(23-10-11-25-12-14-27-15-13-25)22-9-8-17-6-5-7-18(16-17)19(26)24(2)3/h5-7,16H,4,8-15H2,1-3H3,(H2,21,22,23). The number of aliphatic imine (C=N–C) groups is 1. The van der Waals surface area contributed by atoms with Gasteiger partial charge in [0.1, 0.15) is 0 Å². The first-order chi connectivity index (χ1) is 13.1. The lowest BCUT2D eigenvalue weighted by Crippen LogP contribution is -2.40. The van der Waals surface area contributed by atoms with Gasteiger partial charge in [-0.1, -0.05) is 12.1 Å². The third kappa shape index (κ3) is 7.56. The lowest BCUT2D eigenvalue weighted by molar-refractivity contribution is 0.0394. The van der Waals surface area contributed by atoms with Crippen molar-refractivity contribution in [1.82, 2.24) is 20.4 Å². The molecule has 0 saturated carbocycles. The van der Waals surface area contributed by atoms with E-state index in [9.17, 15) is 4.79 Å². The lowest BCUT2D eigenvalue weighted by atomic mass is 10.1. The number of nitrogens with zero attached hydrogens (tertiary/aromatic N) is 3. The molecule has 0 aliphatic carbocycles. The van der Waals surface area contributed by atoms with Crippen molar-refractivity contribution in [3.8, 4) is 0 Å². The summed E-state index contributed by atoms with van der Waals surface area (Å²) in [7, 11) is 3.54. The number of guanidine groups is 1. The minimum atomic E-state index is 0.0304. The van der Waals surface area contributed by atoms with Gasteiger partial charge in [0.05, 0.1) is 19.8 Å². The maximum absolute atomic E-state index is 12.1. The van der Waals surface area contributed by atoms with E-state index < -0.39 is 0 Å². The number of carbonyl (C=O) groups excluding carboxylic acids is 1. The zero-order valence-electron chi connectivity index (χ0n) is 16.8. The zero-order chi connectivity index (χ0) is 19.5. The molecule has 7 nitrogen and oxygen atoms in total. The van der Waals surface area contributed by atoms with E-state index >= 15 is 0 Å². The van der Waals surface area contributed by atoms with Gasteiger partial charge in [-0.3, -0.25) is 14.7 Å². The minimum absolute atomic E-state index is 0.0304. The Kier molecular flexibility index (Phi) is 9.07. The van der Waals surface area contributed by atoms with Crippen molar-refractivity contribution in [2.45, 2.75) is 13.3 Å². The lowest BCUT2D eigenvalue weighted by Gasteiger charge is -2.25. The molecule has 2 rings (SSSR count). The van der Waals surface area contributed by atoms with Gasteiger partial charge in [-0.05, 0) is 31.0 Å². The summed E-state index contributed by atoms with van der Waals surface area (Å²) in [5.74, 6) is 0.870. The van der Waals surface area contributed by atoms with Crippen LogP contribution in [0.5, 0.6) is 0 Å². The highest BCUT2D eigenvalue weighted by atomic mass is 16.5. The van der Waals surface area contributed by atoms with Gasteiger partial charge in [-0.2, -0.15) is 0 Å². The first-order valence-electron chi connectivity index (χ1n) is 9.73. The van der Waals surface area contributed by atoms with Crippen LogP contribution in [0.2, 0.25) is 0 Å². The third-order valence-electron chi connectivity index (χ3n) is 4.42. The van der Waals surface area contributed by atoms with Crippen LogP contribution in [0.15, 0.2) is 29.3 Å². The first kappa shape index (κ1) is 21.2. The molecule has 7 heteroatoms. The number of carbonyl (C=O) groups is 1. The summed E-state index contributed by atoms with van der Waals surface area (Å²) in [6.07, 6.45) is 0.836. The summed E-state index contributed by atoms with van der Waals surface area (Å²) < 4.78 is 5.37. The average molecular weight is 376 g/mol. The van der Waals surface area contributed by atoms with Gasteiger partial charge in [-0.15, -0.1) is 0 Å². The van der Waals surface area contributed by atoms with E-state index in [4.69, 9.17) is 4.74 Å². The van der Waals surface area contributed by atoms with Crippen molar-refractivity contribution in [3.05, 3.63) is 35.4 Å². The molecule has 1 aliphatic heterocycles. The molecule has 0 radical (unpaired) electrons. The van der Waals surface area contributed by atoms with E-state index in [1.54, 1.807) is 19.0 Å². The molecule has 0 atom stereocenters. The highest BCUT2D eigenvalue weighted by Gasteiger charge is 2.10. The van der Waals surface area contributed by atoms with Gasteiger partial charge in [0.25, 0.3) is 5.91 Å². The molecule has 2 N–H and O–H groups in total. The Morgan fingerprint density at radius 1 is 1.26 bits per heavy atom. The fraction of sp³-hybridized carbons (Fsp3) is 0.600. The third-order valence-corrected chi connectivity index (χ3v) is 4.42. The minimum Gasteiger partial charge on any atom is -0.379 e. The number of amides is 1. The zero-order valence-corrected chi connectivity index (χ0v) is 16.8. The van der Waals surface area contributed by atoms with Crippen molar-refractivity contribution in [2.24, 2.45) is 4.99 Å². The molecule has 1 heterocycles. The topological polar surface area (TPSA) is 69.2 Å². The van der Waals surface area contributed by atoms with Gasteiger partial charge in [-0.25, -0.2) is 0 Å². The molecule has 0 unspecified atom stereocenters. The number of nitrogens with one attached hydrogen (secondary N) is 2. The first-order valence-corrected chi connectivity index (χ1v) is 9.73. The van der Waals surface area contributed by atoms with E-state index in [-0.39, 0.29) is 5.91 Å². The summed E-state index contributed by atoms with van der Waals surface area (Å²) in [4.78, 5) is 20.7. The fourth-order valence-corrected chi connectivity index (χ4v) is 2.91. The molecule has 1 aliphatic rings. The number of hydrogen-bond donors (Lipinski definition) is 2. The Morgan fingerprint density at radius 3 is 2.74 bits per heavy atom. The van der Waals surface area contributed by atoms with E-state index in [1.807, 2.05) is 18.2 Å². The Hall–Kier alpha value is -2.12. The van der Waals surface area contributed by atoms with Gasteiger partial charge in [0.15, 0.2) is 5.96 Å². The number of benzene rings is 1. The van der Waals surface area contributed by atoms with Crippen LogP contribution in [0.25, 0.3) is 0 Å². The molecular weight excluding hydrogens is 342 g/mol. The summed E-state index contributed by atoms with van der Waals surface area (Å²) in [6, 6.07) is 7.81. The second kappa shape index (κ2) is 11.6. The highest BCUT2D eigenvalue weighted by Crippen LogP contribution is 2.07. The van der Waals surface area contributed by atoms with Crippen LogP contribution in [0.3, 0.4) is 0 Å². The van der Waals surface area contributed by atoms with Crippen LogP contribution >= 0.6 is 0 Å². The molecule has 150 valence electrons. The van der Waals surface area contributed by atoms with E-state index in [0.29, 0.717) is 0 Å². The summed E-state index contributed by atoms with van der Waals surface area (Å²) in [5, 5.41) is 6.66. The van der Waals surface area contributed by atoms with Gasteiger partial charge >= 0.3 is 0 Å². The molecule has 27 heavy (non-hydrogen) atoms. The van der Waals surface area contributed by atoms with E-state index in [2.05, 4.69) is 33.5 Å². The molecule has 1 fully saturated rings. The van der Waals surface area contributed by atoms with E-state index in [1.165, 1.54) is 0 Å². The van der Waals surface area contributed by atoms with Gasteiger partial charge < -0.3 is 20.3 Å². The molecular formula is C20H33N5O2. The molecule has 1 aromatic rings. The van der Waals surface area contributed by atoms with Crippen molar-refractivity contribution >= 4 is 11.9 Å². The second-order valence-corrected chi connectivity index (χ2v) is 6.79. The van der Waals surface area contributed by atoms with Crippen molar-refractivity contribution in [2.75, 3.05) is 66.6 Å². The van der Waals surface area contributed by atoms with Crippen LogP contribution in [0, 0.1) is 0 Å². The number of ether oxygens (including phenoxy) is 1. The highest BCUT2D eigenvalue weighted by molar-refractivity contribution is 5.94. The Balaban J connectivity index is 1.80. The molecule has 1 aromatic carbocycles. The number of hydrogen-bond acceptors (Lipinski definition) is 4. The van der Waals surface area contributed by atoms with Crippen molar-refractivity contribution < 1.29 is 9.53 Å². The predicted molar refractivity (Wildman–Crippen MR) is 109 cm³/mol. The summed E-state index contributed by atoms with van der Waals surface area (Å²) in [6.45, 7) is 8.99. The van der Waals surface area contributed by atoms with E-state index in [0.717, 1.165) is 76.0 Å². The largest absolute Gasteiger partial charge is 0.379 e. The summed E-state index contributed by atoms with van der Waals surface area (Å²) in [5.41, 5.74) is 1.86. The van der Waals surface area contributed by atoms with Crippen LogP contribution in [0.4, 0.5) is 0 Å². The monoisotopic (exact) mass is 375 g/mol. The van der Waals surface area contributed by atoms with Gasteiger partial charge in [0.2, 0.25) is 0 Å². The Morgan fingerprint density at radius 2 is 2.04 bits per heavy atom. The molecule has 1 amide bonds. The SMILES string of the molecule is CCNC(=NCCN1CCOCC1)NCCc1cccc(C(=O)N(C)C)c1. The van der Waals surface area contributed by atoms with Gasteiger partial charge in [0, 0.05) is 52.4 Å². The van der Waals surface area contributed by atoms with Crippen molar-refractivity contribution in [1.29, 1.82) is 0 Å². The normalized spacial score (nSPS) is 15.4. The Bertz CT molecular complexity index is 612. The molecule has 0 aromatic heterocycles.